The lowest BCUT2D eigenvalue weighted by atomic mass is 9.86. The molecule has 0 spiro atoms. The van der Waals surface area contributed by atoms with E-state index in [2.05, 4.69) is 12.2 Å². The lowest BCUT2D eigenvalue weighted by molar-refractivity contribution is -0.155. The van der Waals surface area contributed by atoms with Gasteiger partial charge in [0, 0.05) is 6.04 Å². The van der Waals surface area contributed by atoms with Crippen molar-refractivity contribution in [2.75, 3.05) is 6.61 Å². The molecule has 2 rings (SSSR count). The Hall–Kier alpha value is -2.04. The van der Waals surface area contributed by atoms with E-state index in [9.17, 15) is 9.59 Å². The molecule has 1 aromatic rings. The van der Waals surface area contributed by atoms with E-state index in [1.54, 1.807) is 12.1 Å². The summed E-state index contributed by atoms with van der Waals surface area (Å²) < 4.78 is 10.7. The summed E-state index contributed by atoms with van der Waals surface area (Å²) in [6.07, 6.45) is 4.27. The van der Waals surface area contributed by atoms with Crippen LogP contribution in [0.25, 0.3) is 0 Å². The summed E-state index contributed by atoms with van der Waals surface area (Å²) in [7, 11) is 0. The van der Waals surface area contributed by atoms with Gasteiger partial charge in [0.25, 0.3) is 5.91 Å². The van der Waals surface area contributed by atoms with Gasteiger partial charge in [-0.2, -0.15) is 0 Å². The topological polar surface area (TPSA) is 64.6 Å². The number of hydrogen-bond donors (Lipinski definition) is 1. The van der Waals surface area contributed by atoms with Crippen molar-refractivity contribution in [2.45, 2.75) is 58.1 Å². The molecule has 1 fully saturated rings. The van der Waals surface area contributed by atoms with Crippen molar-refractivity contribution < 1.29 is 19.1 Å². The maximum absolute atomic E-state index is 12.1. The number of hydrogen-bond acceptors (Lipinski definition) is 4. The number of ether oxygens (including phenoxy) is 2. The molecule has 5 nitrogen and oxygen atoms in total. The zero-order valence-corrected chi connectivity index (χ0v) is 14.5. The number of carbonyl (C=O) groups excluding carboxylic acids is 2. The Morgan fingerprint density at radius 3 is 2.58 bits per heavy atom. The van der Waals surface area contributed by atoms with Crippen LogP contribution in [-0.4, -0.2) is 30.6 Å². The Morgan fingerprint density at radius 2 is 1.92 bits per heavy atom. The van der Waals surface area contributed by atoms with Gasteiger partial charge in [-0.1, -0.05) is 44.9 Å². The molecule has 1 aliphatic carbocycles. The molecule has 132 valence electrons. The summed E-state index contributed by atoms with van der Waals surface area (Å²) in [5, 5.41) is 2.97. The zero-order chi connectivity index (χ0) is 17.4. The fourth-order valence-corrected chi connectivity index (χ4v) is 2.97. The second kappa shape index (κ2) is 9.30. The van der Waals surface area contributed by atoms with E-state index in [1.165, 1.54) is 6.42 Å². The van der Waals surface area contributed by atoms with Crippen molar-refractivity contribution in [3.63, 3.8) is 0 Å². The van der Waals surface area contributed by atoms with Gasteiger partial charge in [0.05, 0.1) is 0 Å². The lowest BCUT2D eigenvalue weighted by Crippen LogP contribution is -2.43. The minimum Gasteiger partial charge on any atom is -0.479 e. The zero-order valence-electron chi connectivity index (χ0n) is 14.5. The summed E-state index contributed by atoms with van der Waals surface area (Å²) in [5.74, 6) is 0.342. The maximum Gasteiger partial charge on any atom is 0.347 e. The van der Waals surface area contributed by atoms with Crippen LogP contribution in [0.1, 0.15) is 46.0 Å². The number of rotatable bonds is 7. The number of amides is 1. The monoisotopic (exact) mass is 333 g/mol. The summed E-state index contributed by atoms with van der Waals surface area (Å²) in [5.41, 5.74) is 0. The minimum absolute atomic E-state index is 0.187. The van der Waals surface area contributed by atoms with Crippen LogP contribution in [0.4, 0.5) is 0 Å². The highest BCUT2D eigenvalue weighted by Crippen LogP contribution is 2.23. The third-order valence-electron chi connectivity index (χ3n) is 4.46. The van der Waals surface area contributed by atoms with Crippen LogP contribution in [0, 0.1) is 5.92 Å². The quantitative estimate of drug-likeness (QED) is 0.779. The molecule has 0 bridgehead atoms. The van der Waals surface area contributed by atoms with Crippen LogP contribution in [0.3, 0.4) is 0 Å². The molecule has 0 unspecified atom stereocenters. The van der Waals surface area contributed by atoms with E-state index in [-0.39, 0.29) is 18.6 Å². The number of carbonyl (C=O) groups is 2. The van der Waals surface area contributed by atoms with Crippen LogP contribution in [0.15, 0.2) is 30.3 Å². The molecule has 0 heterocycles. The van der Waals surface area contributed by atoms with Crippen LogP contribution >= 0.6 is 0 Å². The third-order valence-corrected chi connectivity index (χ3v) is 4.46. The van der Waals surface area contributed by atoms with Gasteiger partial charge in [0.2, 0.25) is 0 Å². The highest BCUT2D eigenvalue weighted by molar-refractivity contribution is 5.82. The predicted molar refractivity (Wildman–Crippen MR) is 91.7 cm³/mol. The van der Waals surface area contributed by atoms with E-state index >= 15 is 0 Å². The predicted octanol–water partition coefficient (Wildman–Crippen LogP) is 3.08. The molecule has 0 radical (unpaired) electrons. The Bertz CT molecular complexity index is 531. The minimum atomic E-state index is -0.700. The maximum atomic E-state index is 12.1. The Kier molecular flexibility index (Phi) is 7.09. The Labute approximate surface area is 143 Å². The molecule has 24 heavy (non-hydrogen) atoms. The molecule has 5 heteroatoms. The Balaban J connectivity index is 1.77. The smallest absolute Gasteiger partial charge is 0.347 e. The number of benzene rings is 1. The molecule has 1 saturated carbocycles. The van der Waals surface area contributed by atoms with Crippen LogP contribution in [0.2, 0.25) is 0 Å². The molecule has 0 saturated heterocycles. The SMILES string of the molecule is CC[C@H](Oc1ccccc1)C(=O)OCC(=O)N[C@@H]1CCCC[C@@H]1C. The first-order chi connectivity index (χ1) is 11.6. The molecule has 1 aliphatic rings. The summed E-state index contributed by atoms with van der Waals surface area (Å²) in [6.45, 7) is 3.74. The molecule has 1 N–H and O–H groups in total. The van der Waals surface area contributed by atoms with Gasteiger partial charge in [0.15, 0.2) is 12.7 Å². The second-order valence-electron chi connectivity index (χ2n) is 6.37. The molecular formula is C19H27NO4. The van der Waals surface area contributed by atoms with Gasteiger partial charge in [0.1, 0.15) is 5.75 Å². The Morgan fingerprint density at radius 1 is 1.21 bits per heavy atom. The lowest BCUT2D eigenvalue weighted by Gasteiger charge is -2.29. The van der Waals surface area contributed by atoms with Gasteiger partial charge >= 0.3 is 5.97 Å². The van der Waals surface area contributed by atoms with Crippen molar-refractivity contribution in [3.05, 3.63) is 30.3 Å². The number of esters is 1. The van der Waals surface area contributed by atoms with Crippen molar-refractivity contribution in [1.82, 2.24) is 5.32 Å². The molecule has 0 aromatic heterocycles. The van der Waals surface area contributed by atoms with Gasteiger partial charge in [-0.25, -0.2) is 4.79 Å². The second-order valence-corrected chi connectivity index (χ2v) is 6.37. The van der Waals surface area contributed by atoms with Crippen molar-refractivity contribution in [1.29, 1.82) is 0 Å². The van der Waals surface area contributed by atoms with Crippen molar-refractivity contribution in [3.8, 4) is 5.75 Å². The van der Waals surface area contributed by atoms with E-state index in [0.29, 0.717) is 18.1 Å². The van der Waals surface area contributed by atoms with Crippen LogP contribution in [-0.2, 0) is 14.3 Å². The highest BCUT2D eigenvalue weighted by Gasteiger charge is 2.24. The molecule has 0 aliphatic heterocycles. The normalized spacial score (nSPS) is 21.6. The fraction of sp³-hybridized carbons (Fsp3) is 0.579. The average molecular weight is 333 g/mol. The highest BCUT2D eigenvalue weighted by atomic mass is 16.6. The van der Waals surface area contributed by atoms with Crippen LogP contribution < -0.4 is 10.1 Å². The van der Waals surface area contributed by atoms with Crippen molar-refractivity contribution in [2.24, 2.45) is 5.92 Å². The first kappa shape index (κ1) is 18.3. The molecule has 1 aromatic carbocycles. The first-order valence-electron chi connectivity index (χ1n) is 8.77. The summed E-state index contributed by atoms with van der Waals surface area (Å²) in [6, 6.07) is 9.31. The largest absolute Gasteiger partial charge is 0.479 e. The summed E-state index contributed by atoms with van der Waals surface area (Å²) >= 11 is 0. The van der Waals surface area contributed by atoms with Crippen LogP contribution in [0.5, 0.6) is 5.75 Å². The van der Waals surface area contributed by atoms with Gasteiger partial charge in [-0.3, -0.25) is 4.79 Å². The summed E-state index contributed by atoms with van der Waals surface area (Å²) in [4.78, 5) is 24.1. The van der Waals surface area contributed by atoms with Gasteiger partial charge in [-0.15, -0.1) is 0 Å². The average Bonchev–Trinajstić information content (AvgIpc) is 2.60. The van der Waals surface area contributed by atoms with E-state index in [1.807, 2.05) is 25.1 Å². The van der Waals surface area contributed by atoms with Gasteiger partial charge in [-0.05, 0) is 37.3 Å². The number of para-hydroxylation sites is 1. The van der Waals surface area contributed by atoms with E-state index < -0.39 is 12.1 Å². The fourth-order valence-electron chi connectivity index (χ4n) is 2.97. The standard InChI is InChI=1S/C19H27NO4/c1-3-17(24-15-10-5-4-6-11-15)19(22)23-13-18(21)20-16-12-8-7-9-14(16)2/h4-6,10-11,14,16-17H,3,7-9,12-13H2,1-2H3,(H,20,21)/t14-,16+,17-/m0/s1. The molecular weight excluding hydrogens is 306 g/mol. The van der Waals surface area contributed by atoms with E-state index in [0.717, 1.165) is 19.3 Å². The number of nitrogens with one attached hydrogen (secondary N) is 1. The third kappa shape index (κ3) is 5.55. The molecule has 3 atom stereocenters. The molecule has 1 amide bonds. The van der Waals surface area contributed by atoms with Gasteiger partial charge < -0.3 is 14.8 Å². The van der Waals surface area contributed by atoms with E-state index in [4.69, 9.17) is 9.47 Å². The van der Waals surface area contributed by atoms with Crippen molar-refractivity contribution >= 4 is 11.9 Å². The first-order valence-corrected chi connectivity index (χ1v) is 8.77.